The molecule has 0 aliphatic carbocycles. The molecular formula is C23H26N4O3. The number of fused-ring (bicyclic) bond motifs is 1. The maximum atomic E-state index is 12.7. The number of amides is 3. The van der Waals surface area contributed by atoms with Gasteiger partial charge in [-0.3, -0.25) is 19.7 Å². The summed E-state index contributed by atoms with van der Waals surface area (Å²) < 4.78 is 0. The van der Waals surface area contributed by atoms with Crippen LogP contribution in [0.4, 0.5) is 0 Å². The summed E-state index contributed by atoms with van der Waals surface area (Å²) in [5, 5.41) is 5.71. The second-order valence-corrected chi connectivity index (χ2v) is 7.97. The van der Waals surface area contributed by atoms with Crippen molar-refractivity contribution in [2.75, 3.05) is 6.54 Å². The van der Waals surface area contributed by atoms with Gasteiger partial charge in [0.1, 0.15) is 6.04 Å². The van der Waals surface area contributed by atoms with Crippen molar-refractivity contribution in [1.82, 2.24) is 15.5 Å². The second kappa shape index (κ2) is 8.77. The summed E-state index contributed by atoms with van der Waals surface area (Å²) in [7, 11) is 0. The molecule has 2 heterocycles. The molecule has 0 saturated carbocycles. The highest BCUT2D eigenvalue weighted by atomic mass is 16.2. The zero-order valence-corrected chi connectivity index (χ0v) is 16.8. The van der Waals surface area contributed by atoms with Crippen molar-refractivity contribution in [3.63, 3.8) is 0 Å². The molecule has 0 spiro atoms. The molecule has 1 fully saturated rings. The number of carbonyl (C=O) groups is 3. The molecule has 7 heteroatoms. The van der Waals surface area contributed by atoms with Gasteiger partial charge in [0.25, 0.3) is 5.91 Å². The zero-order valence-electron chi connectivity index (χ0n) is 16.8. The molecule has 1 unspecified atom stereocenters. The molecule has 2 aliphatic rings. The van der Waals surface area contributed by atoms with E-state index in [0.29, 0.717) is 31.6 Å². The number of piperidine rings is 1. The van der Waals surface area contributed by atoms with Gasteiger partial charge in [0.2, 0.25) is 11.8 Å². The van der Waals surface area contributed by atoms with Crippen LogP contribution in [0.15, 0.2) is 48.5 Å². The first-order valence-electron chi connectivity index (χ1n) is 10.3. The Kier molecular flexibility index (Phi) is 5.92. The molecule has 0 radical (unpaired) electrons. The van der Waals surface area contributed by atoms with Crippen LogP contribution in [0.1, 0.15) is 39.9 Å². The van der Waals surface area contributed by atoms with Crippen LogP contribution in [-0.2, 0) is 29.1 Å². The number of hydrogen-bond donors (Lipinski definition) is 3. The minimum atomic E-state index is -0.583. The lowest BCUT2D eigenvalue weighted by molar-refractivity contribution is -0.136. The summed E-state index contributed by atoms with van der Waals surface area (Å²) in [4.78, 5) is 37.8. The van der Waals surface area contributed by atoms with Crippen LogP contribution in [0.2, 0.25) is 0 Å². The highest BCUT2D eigenvalue weighted by Gasteiger charge is 2.38. The predicted molar refractivity (Wildman–Crippen MR) is 112 cm³/mol. The Balaban J connectivity index is 1.32. The van der Waals surface area contributed by atoms with E-state index in [9.17, 15) is 14.4 Å². The van der Waals surface area contributed by atoms with Crippen molar-refractivity contribution in [3.05, 3.63) is 70.8 Å². The van der Waals surface area contributed by atoms with Crippen molar-refractivity contribution in [2.45, 2.75) is 44.4 Å². The summed E-state index contributed by atoms with van der Waals surface area (Å²) in [6.07, 6.45) is 1.44. The van der Waals surface area contributed by atoms with E-state index in [1.807, 2.05) is 36.4 Å². The van der Waals surface area contributed by atoms with Gasteiger partial charge in [0.15, 0.2) is 0 Å². The molecule has 2 atom stereocenters. The van der Waals surface area contributed by atoms with Gasteiger partial charge < -0.3 is 16.0 Å². The van der Waals surface area contributed by atoms with E-state index >= 15 is 0 Å². The number of rotatable bonds is 7. The normalized spacial score (nSPS) is 19.6. The Morgan fingerprint density at radius 2 is 1.90 bits per heavy atom. The van der Waals surface area contributed by atoms with Gasteiger partial charge >= 0.3 is 0 Å². The largest absolute Gasteiger partial charge is 0.326 e. The fourth-order valence-electron chi connectivity index (χ4n) is 4.13. The van der Waals surface area contributed by atoms with Crippen LogP contribution < -0.4 is 16.4 Å². The maximum absolute atomic E-state index is 12.7. The Bertz CT molecular complexity index is 960. The topological polar surface area (TPSA) is 105 Å². The summed E-state index contributed by atoms with van der Waals surface area (Å²) in [5.74, 6) is -0.815. The molecule has 156 valence electrons. The third kappa shape index (κ3) is 4.42. The number of imide groups is 1. The van der Waals surface area contributed by atoms with Crippen molar-refractivity contribution in [3.8, 4) is 0 Å². The first kappa shape index (κ1) is 20.3. The fourth-order valence-corrected chi connectivity index (χ4v) is 4.13. The van der Waals surface area contributed by atoms with Gasteiger partial charge in [-0.25, -0.2) is 0 Å². The Morgan fingerprint density at radius 1 is 1.10 bits per heavy atom. The van der Waals surface area contributed by atoms with Crippen LogP contribution in [0.3, 0.4) is 0 Å². The lowest BCUT2D eigenvalue weighted by Crippen LogP contribution is -2.52. The van der Waals surface area contributed by atoms with Gasteiger partial charge in [0.05, 0.1) is 0 Å². The molecule has 7 nitrogen and oxygen atoms in total. The van der Waals surface area contributed by atoms with Gasteiger partial charge in [-0.15, -0.1) is 0 Å². The van der Waals surface area contributed by atoms with E-state index in [2.05, 4.69) is 22.8 Å². The summed E-state index contributed by atoms with van der Waals surface area (Å²) in [6.45, 7) is 1.73. The van der Waals surface area contributed by atoms with E-state index < -0.39 is 6.04 Å². The number of benzene rings is 2. The average Bonchev–Trinajstić information content (AvgIpc) is 3.04. The molecule has 2 aliphatic heterocycles. The average molecular weight is 406 g/mol. The van der Waals surface area contributed by atoms with Crippen molar-refractivity contribution < 1.29 is 14.4 Å². The summed E-state index contributed by atoms with van der Waals surface area (Å²) in [5.41, 5.74) is 10.1. The third-order valence-electron chi connectivity index (χ3n) is 5.66. The molecular weight excluding hydrogens is 380 g/mol. The van der Waals surface area contributed by atoms with Crippen LogP contribution in [0, 0.1) is 0 Å². The lowest BCUT2D eigenvalue weighted by Gasteiger charge is -2.29. The summed E-state index contributed by atoms with van der Waals surface area (Å²) in [6, 6.07) is 15.4. The molecule has 3 amide bonds. The first-order valence-corrected chi connectivity index (χ1v) is 10.3. The molecule has 0 aromatic heterocycles. The van der Waals surface area contributed by atoms with Gasteiger partial charge in [0, 0.05) is 37.7 Å². The lowest BCUT2D eigenvalue weighted by atomic mass is 10.0. The first-order chi connectivity index (χ1) is 14.5. The molecule has 4 rings (SSSR count). The molecule has 4 N–H and O–H groups in total. The van der Waals surface area contributed by atoms with Crippen molar-refractivity contribution >= 4 is 17.7 Å². The smallest absolute Gasteiger partial charge is 0.255 e. The standard InChI is InChI=1S/C23H26N4O3/c24-18(11-15-4-2-1-3-5-15)13-25-12-16-6-7-19-17(10-16)14-27(23(19)30)20-8-9-21(28)26-22(20)29/h1-7,10,18,20,25H,8-9,11-14,24H2,(H,26,28,29)/t18-,20?/m0/s1. The molecule has 1 saturated heterocycles. The molecule has 30 heavy (non-hydrogen) atoms. The summed E-state index contributed by atoms with van der Waals surface area (Å²) >= 11 is 0. The van der Waals surface area contributed by atoms with Crippen molar-refractivity contribution in [1.29, 1.82) is 0 Å². The Morgan fingerprint density at radius 3 is 2.67 bits per heavy atom. The monoisotopic (exact) mass is 406 g/mol. The van der Waals surface area contributed by atoms with E-state index in [0.717, 1.165) is 17.5 Å². The van der Waals surface area contributed by atoms with E-state index in [-0.39, 0.29) is 30.2 Å². The minimum absolute atomic E-state index is 0.0198. The van der Waals surface area contributed by atoms with E-state index in [4.69, 9.17) is 5.73 Å². The molecule has 2 aromatic rings. The van der Waals surface area contributed by atoms with Gasteiger partial charge in [-0.1, -0.05) is 42.5 Å². The number of nitrogens with one attached hydrogen (secondary N) is 2. The van der Waals surface area contributed by atoms with Gasteiger partial charge in [-0.05, 0) is 35.6 Å². The van der Waals surface area contributed by atoms with Crippen LogP contribution in [-0.4, -0.2) is 41.2 Å². The maximum Gasteiger partial charge on any atom is 0.255 e. The number of nitrogens with zero attached hydrogens (tertiary/aromatic N) is 1. The van der Waals surface area contributed by atoms with Crippen LogP contribution in [0.5, 0.6) is 0 Å². The highest BCUT2D eigenvalue weighted by Crippen LogP contribution is 2.28. The third-order valence-corrected chi connectivity index (χ3v) is 5.66. The Labute approximate surface area is 175 Å². The number of hydrogen-bond acceptors (Lipinski definition) is 5. The number of carbonyl (C=O) groups excluding carboxylic acids is 3. The van der Waals surface area contributed by atoms with Crippen LogP contribution in [0.25, 0.3) is 0 Å². The number of nitrogens with two attached hydrogens (primary N) is 1. The van der Waals surface area contributed by atoms with Crippen LogP contribution >= 0.6 is 0 Å². The zero-order chi connectivity index (χ0) is 21.1. The van der Waals surface area contributed by atoms with E-state index in [1.165, 1.54) is 5.56 Å². The highest BCUT2D eigenvalue weighted by molar-refractivity contribution is 6.05. The second-order valence-electron chi connectivity index (χ2n) is 7.97. The van der Waals surface area contributed by atoms with Crippen molar-refractivity contribution in [2.24, 2.45) is 5.73 Å². The van der Waals surface area contributed by atoms with Gasteiger partial charge in [-0.2, -0.15) is 0 Å². The SMILES string of the molecule is N[C@H](CNCc1ccc2c(c1)CN(C1CCC(=O)NC1=O)C2=O)Cc1ccccc1. The molecule has 0 bridgehead atoms. The quantitative estimate of drug-likeness (QED) is 0.598. The molecule has 2 aromatic carbocycles. The van der Waals surface area contributed by atoms with E-state index in [1.54, 1.807) is 4.90 Å². The fraction of sp³-hybridized carbons (Fsp3) is 0.348. The predicted octanol–water partition coefficient (Wildman–Crippen LogP) is 1.11. The Hall–Kier alpha value is -3.03. The minimum Gasteiger partial charge on any atom is -0.326 e.